The van der Waals surface area contributed by atoms with E-state index in [1.54, 1.807) is 0 Å². The number of piperidine rings is 1. The smallest absolute Gasteiger partial charge is 0.170 e. The van der Waals surface area contributed by atoms with Gasteiger partial charge in [-0.1, -0.05) is 38.1 Å². The second kappa shape index (κ2) is 8.09. The zero-order chi connectivity index (χ0) is 18.7. The number of likely N-dealkylation sites (tertiary alicyclic amines) is 1. The number of ether oxygens (including phenoxy) is 2. The molecule has 1 spiro atoms. The first-order valence-corrected chi connectivity index (χ1v) is 10.2. The lowest BCUT2D eigenvalue weighted by Crippen LogP contribution is -2.49. The fourth-order valence-corrected chi connectivity index (χ4v) is 3.99. The predicted octanol–water partition coefficient (Wildman–Crippen LogP) is 4.60. The molecule has 0 aliphatic carbocycles. The van der Waals surface area contributed by atoms with E-state index in [1.165, 1.54) is 16.7 Å². The average molecular weight is 367 g/mol. The Hall–Kier alpha value is -1.75. The van der Waals surface area contributed by atoms with Gasteiger partial charge < -0.3 is 9.47 Å². The van der Waals surface area contributed by atoms with E-state index in [-0.39, 0.29) is 5.79 Å². The van der Waals surface area contributed by atoms with E-state index in [0.717, 1.165) is 57.8 Å². The second-order valence-electron chi connectivity index (χ2n) is 8.05. The number of benzene rings is 1. The Morgan fingerprint density at radius 1 is 1.00 bits per heavy atom. The van der Waals surface area contributed by atoms with E-state index in [0.29, 0.717) is 5.92 Å². The van der Waals surface area contributed by atoms with Crippen LogP contribution < -0.4 is 0 Å². The highest BCUT2D eigenvalue weighted by Gasteiger charge is 2.38. The van der Waals surface area contributed by atoms with Gasteiger partial charge in [0.05, 0.1) is 18.9 Å². The Morgan fingerprint density at radius 2 is 1.70 bits per heavy atom. The highest BCUT2D eigenvalue weighted by molar-refractivity contribution is 5.63. The third-order valence-corrected chi connectivity index (χ3v) is 5.75. The molecular formula is C23H30N2O2. The minimum absolute atomic E-state index is 0.317. The van der Waals surface area contributed by atoms with E-state index in [9.17, 15) is 0 Å². The van der Waals surface area contributed by atoms with Crippen molar-refractivity contribution in [3.8, 4) is 11.1 Å². The van der Waals surface area contributed by atoms with Gasteiger partial charge in [-0.05, 0) is 41.2 Å². The van der Waals surface area contributed by atoms with Crippen molar-refractivity contribution in [2.45, 2.75) is 51.4 Å². The Bertz CT molecular complexity index is 741. The van der Waals surface area contributed by atoms with Gasteiger partial charge in [0.2, 0.25) is 0 Å². The molecule has 0 radical (unpaired) electrons. The summed E-state index contributed by atoms with van der Waals surface area (Å²) in [6.45, 7) is 8.99. The van der Waals surface area contributed by atoms with Crippen molar-refractivity contribution in [2.24, 2.45) is 0 Å². The standard InChI is InChI=1S/C23H30N2O2/c1-18(2)19-4-6-20(7-5-19)21-8-11-24-22(16-21)17-25-12-9-23(10-13-25)26-14-3-15-27-23/h4-8,11,16,18H,3,9-10,12-15,17H2,1-2H3. The first-order chi connectivity index (χ1) is 13.1. The van der Waals surface area contributed by atoms with Crippen LogP contribution in [-0.4, -0.2) is 42.0 Å². The lowest BCUT2D eigenvalue weighted by molar-refractivity contribution is -0.284. The lowest BCUT2D eigenvalue weighted by Gasteiger charge is -2.43. The summed E-state index contributed by atoms with van der Waals surface area (Å²) < 4.78 is 11.9. The summed E-state index contributed by atoms with van der Waals surface area (Å²) in [6, 6.07) is 13.2. The van der Waals surface area contributed by atoms with Crippen molar-refractivity contribution in [3.63, 3.8) is 0 Å². The molecule has 1 aromatic heterocycles. The summed E-state index contributed by atoms with van der Waals surface area (Å²) in [4.78, 5) is 7.06. The summed E-state index contributed by atoms with van der Waals surface area (Å²) in [5, 5.41) is 0. The number of nitrogens with zero attached hydrogens (tertiary/aromatic N) is 2. The Labute approximate surface area is 162 Å². The van der Waals surface area contributed by atoms with Crippen molar-refractivity contribution in [3.05, 3.63) is 53.9 Å². The van der Waals surface area contributed by atoms with Crippen LogP contribution in [0.15, 0.2) is 42.6 Å². The van der Waals surface area contributed by atoms with Gasteiger partial charge in [0, 0.05) is 38.7 Å². The highest BCUT2D eigenvalue weighted by atomic mass is 16.7. The fourth-order valence-electron chi connectivity index (χ4n) is 3.99. The van der Waals surface area contributed by atoms with Crippen molar-refractivity contribution in [1.29, 1.82) is 0 Å². The quantitative estimate of drug-likeness (QED) is 0.792. The summed E-state index contributed by atoms with van der Waals surface area (Å²) in [5.41, 5.74) is 5.00. The zero-order valence-corrected chi connectivity index (χ0v) is 16.5. The van der Waals surface area contributed by atoms with E-state index in [4.69, 9.17) is 9.47 Å². The van der Waals surface area contributed by atoms with Crippen molar-refractivity contribution >= 4 is 0 Å². The number of aromatic nitrogens is 1. The molecule has 1 aromatic carbocycles. The van der Waals surface area contributed by atoms with E-state index >= 15 is 0 Å². The molecule has 0 N–H and O–H groups in total. The summed E-state index contributed by atoms with van der Waals surface area (Å²) >= 11 is 0. The molecule has 3 heterocycles. The van der Waals surface area contributed by atoms with Gasteiger partial charge in [-0.15, -0.1) is 0 Å². The molecule has 2 aromatic rings. The molecule has 2 aliphatic rings. The molecule has 0 unspecified atom stereocenters. The van der Waals surface area contributed by atoms with E-state index in [2.05, 4.69) is 60.1 Å². The van der Waals surface area contributed by atoms with Crippen LogP contribution in [0.25, 0.3) is 11.1 Å². The van der Waals surface area contributed by atoms with Gasteiger partial charge >= 0.3 is 0 Å². The van der Waals surface area contributed by atoms with Gasteiger partial charge in [-0.3, -0.25) is 9.88 Å². The predicted molar refractivity (Wildman–Crippen MR) is 108 cm³/mol. The molecular weight excluding hydrogens is 336 g/mol. The number of hydrogen-bond acceptors (Lipinski definition) is 4. The molecule has 144 valence electrons. The molecule has 2 aliphatic heterocycles. The maximum absolute atomic E-state index is 5.94. The first kappa shape index (κ1) is 18.6. The fraction of sp³-hybridized carbons (Fsp3) is 0.522. The minimum atomic E-state index is -0.317. The Morgan fingerprint density at radius 3 is 2.37 bits per heavy atom. The van der Waals surface area contributed by atoms with Crippen LogP contribution in [0.2, 0.25) is 0 Å². The molecule has 0 saturated carbocycles. The first-order valence-electron chi connectivity index (χ1n) is 10.2. The van der Waals surface area contributed by atoms with Crippen LogP contribution in [-0.2, 0) is 16.0 Å². The molecule has 4 heteroatoms. The number of pyridine rings is 1. The molecule has 0 amide bonds. The SMILES string of the molecule is CC(C)c1ccc(-c2ccnc(CN3CCC4(CC3)OCCCO4)c2)cc1. The van der Waals surface area contributed by atoms with Crippen LogP contribution in [0.5, 0.6) is 0 Å². The highest BCUT2D eigenvalue weighted by Crippen LogP contribution is 2.31. The second-order valence-corrected chi connectivity index (χ2v) is 8.05. The van der Waals surface area contributed by atoms with Crippen LogP contribution in [0, 0.1) is 0 Å². The van der Waals surface area contributed by atoms with E-state index in [1.807, 2.05) is 6.20 Å². The van der Waals surface area contributed by atoms with Crippen molar-refractivity contribution in [2.75, 3.05) is 26.3 Å². The molecule has 4 nitrogen and oxygen atoms in total. The third kappa shape index (κ3) is 4.40. The monoisotopic (exact) mass is 366 g/mol. The third-order valence-electron chi connectivity index (χ3n) is 5.75. The van der Waals surface area contributed by atoms with Gasteiger partial charge in [-0.2, -0.15) is 0 Å². The molecule has 0 bridgehead atoms. The number of rotatable bonds is 4. The van der Waals surface area contributed by atoms with Crippen molar-refractivity contribution < 1.29 is 9.47 Å². The van der Waals surface area contributed by atoms with Crippen molar-refractivity contribution in [1.82, 2.24) is 9.88 Å². The maximum Gasteiger partial charge on any atom is 0.170 e. The van der Waals surface area contributed by atoms with Gasteiger partial charge in [0.15, 0.2) is 5.79 Å². The topological polar surface area (TPSA) is 34.6 Å². The van der Waals surface area contributed by atoms with Crippen LogP contribution in [0.1, 0.15) is 50.3 Å². The van der Waals surface area contributed by atoms with Gasteiger partial charge in [0.1, 0.15) is 0 Å². The molecule has 2 fully saturated rings. The number of hydrogen-bond donors (Lipinski definition) is 0. The summed E-state index contributed by atoms with van der Waals surface area (Å²) in [5.74, 6) is 0.244. The van der Waals surface area contributed by atoms with Crippen LogP contribution in [0.4, 0.5) is 0 Å². The van der Waals surface area contributed by atoms with E-state index < -0.39 is 0 Å². The normalized spacial score (nSPS) is 20.3. The largest absolute Gasteiger partial charge is 0.350 e. The van der Waals surface area contributed by atoms with Crippen LogP contribution >= 0.6 is 0 Å². The average Bonchev–Trinajstić information content (AvgIpc) is 2.71. The molecule has 4 rings (SSSR count). The van der Waals surface area contributed by atoms with Gasteiger partial charge in [-0.25, -0.2) is 0 Å². The summed E-state index contributed by atoms with van der Waals surface area (Å²) in [7, 11) is 0. The molecule has 0 atom stereocenters. The lowest BCUT2D eigenvalue weighted by atomic mass is 9.98. The summed E-state index contributed by atoms with van der Waals surface area (Å²) in [6.07, 6.45) is 4.84. The zero-order valence-electron chi connectivity index (χ0n) is 16.5. The molecule has 27 heavy (non-hydrogen) atoms. The van der Waals surface area contributed by atoms with Gasteiger partial charge in [0.25, 0.3) is 0 Å². The molecule has 2 saturated heterocycles. The minimum Gasteiger partial charge on any atom is -0.350 e. The Kier molecular flexibility index (Phi) is 5.58. The Balaban J connectivity index is 1.39. The van der Waals surface area contributed by atoms with Crippen LogP contribution in [0.3, 0.4) is 0 Å². The maximum atomic E-state index is 5.94.